The molecule has 0 spiro atoms. The highest BCUT2D eigenvalue weighted by Crippen LogP contribution is 2.39. The maximum atomic E-state index is 10.8. The minimum Gasteiger partial charge on any atom is -0.507 e. The van der Waals surface area contributed by atoms with E-state index in [1.807, 2.05) is 60.7 Å². The number of aromatic hydroxyl groups is 1. The largest absolute Gasteiger partial charge is 0.507 e. The Morgan fingerprint density at radius 2 is 1.48 bits per heavy atom. The molecule has 1 heterocycles. The molecule has 0 aliphatic carbocycles. The maximum absolute atomic E-state index is 10.8. The van der Waals surface area contributed by atoms with Crippen molar-refractivity contribution in [2.24, 2.45) is 0 Å². The van der Waals surface area contributed by atoms with Crippen LogP contribution in [-0.2, 0) is 0 Å². The lowest BCUT2D eigenvalue weighted by molar-refractivity contribution is 0.479. The monoisotopic (exact) mass is 299 g/mol. The summed E-state index contributed by atoms with van der Waals surface area (Å²) in [5.74, 6) is 0.313. The van der Waals surface area contributed by atoms with Gasteiger partial charge < -0.3 is 10.1 Å². The van der Waals surface area contributed by atoms with Crippen LogP contribution in [0, 0.1) is 6.92 Å². The van der Waals surface area contributed by atoms with Crippen LogP contribution in [0.25, 0.3) is 33.3 Å². The van der Waals surface area contributed by atoms with E-state index in [1.54, 1.807) is 0 Å². The molecule has 0 atom stereocenters. The minimum absolute atomic E-state index is 0.313. The van der Waals surface area contributed by atoms with Crippen molar-refractivity contribution in [1.29, 1.82) is 0 Å². The predicted octanol–water partition coefficient (Wildman–Crippen LogP) is 5.52. The lowest BCUT2D eigenvalue weighted by atomic mass is 9.97. The molecule has 0 aliphatic heterocycles. The first-order valence-electron chi connectivity index (χ1n) is 7.69. The molecule has 0 radical (unpaired) electrons. The van der Waals surface area contributed by atoms with Gasteiger partial charge in [-0.3, -0.25) is 0 Å². The molecule has 1 aromatic heterocycles. The topological polar surface area (TPSA) is 36.0 Å². The molecule has 2 N–H and O–H groups in total. The molecule has 112 valence electrons. The normalized spacial score (nSPS) is 11.0. The lowest BCUT2D eigenvalue weighted by Gasteiger charge is -2.11. The van der Waals surface area contributed by atoms with E-state index in [4.69, 9.17) is 0 Å². The van der Waals surface area contributed by atoms with Crippen molar-refractivity contribution < 1.29 is 5.11 Å². The third kappa shape index (κ3) is 2.38. The Balaban J connectivity index is 1.94. The Kier molecular flexibility index (Phi) is 3.16. The highest BCUT2D eigenvalue weighted by atomic mass is 16.3. The van der Waals surface area contributed by atoms with E-state index in [2.05, 4.69) is 24.0 Å². The van der Waals surface area contributed by atoms with E-state index < -0.39 is 0 Å². The number of rotatable bonds is 2. The van der Waals surface area contributed by atoms with Crippen LogP contribution in [0.3, 0.4) is 0 Å². The quantitative estimate of drug-likeness (QED) is 0.502. The Bertz CT molecular complexity index is 950. The summed E-state index contributed by atoms with van der Waals surface area (Å²) in [4.78, 5) is 3.40. The summed E-state index contributed by atoms with van der Waals surface area (Å²) in [5, 5.41) is 12.0. The first-order chi connectivity index (χ1) is 11.2. The van der Waals surface area contributed by atoms with E-state index in [-0.39, 0.29) is 0 Å². The summed E-state index contributed by atoms with van der Waals surface area (Å²) in [6.45, 7) is 2.05. The predicted molar refractivity (Wildman–Crippen MR) is 95.6 cm³/mol. The lowest BCUT2D eigenvalue weighted by Crippen LogP contribution is -1.87. The maximum Gasteiger partial charge on any atom is 0.132 e. The van der Waals surface area contributed by atoms with Gasteiger partial charge in [0.1, 0.15) is 5.75 Å². The highest BCUT2D eigenvalue weighted by molar-refractivity contribution is 5.89. The molecule has 23 heavy (non-hydrogen) atoms. The molecular formula is C21H17NO. The van der Waals surface area contributed by atoms with Crippen molar-refractivity contribution in [2.75, 3.05) is 0 Å². The van der Waals surface area contributed by atoms with Crippen LogP contribution in [0.1, 0.15) is 5.56 Å². The van der Waals surface area contributed by atoms with Gasteiger partial charge in [0.15, 0.2) is 0 Å². The number of benzene rings is 3. The summed E-state index contributed by atoms with van der Waals surface area (Å²) < 4.78 is 0. The average molecular weight is 299 g/mol. The third-order valence-corrected chi connectivity index (χ3v) is 4.16. The zero-order valence-electron chi connectivity index (χ0n) is 12.9. The number of nitrogens with one attached hydrogen (secondary N) is 1. The first-order valence-corrected chi connectivity index (χ1v) is 7.69. The van der Waals surface area contributed by atoms with Crippen molar-refractivity contribution in [3.63, 3.8) is 0 Å². The van der Waals surface area contributed by atoms with Crippen LogP contribution in [0.4, 0.5) is 0 Å². The Morgan fingerprint density at radius 1 is 0.783 bits per heavy atom. The van der Waals surface area contributed by atoms with Gasteiger partial charge >= 0.3 is 0 Å². The summed E-state index contributed by atoms with van der Waals surface area (Å²) in [6.07, 6.45) is 0. The van der Waals surface area contributed by atoms with Gasteiger partial charge in [-0.15, -0.1) is 0 Å². The van der Waals surface area contributed by atoms with Crippen molar-refractivity contribution >= 4 is 10.9 Å². The molecule has 4 rings (SSSR count). The summed E-state index contributed by atoms with van der Waals surface area (Å²) in [7, 11) is 0. The zero-order chi connectivity index (χ0) is 15.8. The number of hydrogen-bond acceptors (Lipinski definition) is 1. The molecule has 0 bridgehead atoms. The second kappa shape index (κ2) is 5.33. The van der Waals surface area contributed by atoms with Crippen LogP contribution in [0.15, 0.2) is 72.8 Å². The summed E-state index contributed by atoms with van der Waals surface area (Å²) in [6, 6.07) is 24.3. The van der Waals surface area contributed by atoms with E-state index in [0.29, 0.717) is 5.75 Å². The molecule has 0 aliphatic rings. The van der Waals surface area contributed by atoms with Gasteiger partial charge in [0.2, 0.25) is 0 Å². The first kappa shape index (κ1) is 13.6. The van der Waals surface area contributed by atoms with Crippen LogP contribution < -0.4 is 0 Å². The summed E-state index contributed by atoms with van der Waals surface area (Å²) in [5.41, 5.74) is 5.84. The number of fused-ring (bicyclic) bond motifs is 1. The Hall–Kier alpha value is -3.00. The number of aromatic amines is 1. The van der Waals surface area contributed by atoms with E-state index in [1.165, 1.54) is 0 Å². The van der Waals surface area contributed by atoms with Gasteiger partial charge in [0, 0.05) is 22.0 Å². The van der Waals surface area contributed by atoms with Crippen LogP contribution in [0.2, 0.25) is 0 Å². The van der Waals surface area contributed by atoms with E-state index in [0.717, 1.165) is 38.9 Å². The Labute approximate surface area is 135 Å². The van der Waals surface area contributed by atoms with Gasteiger partial charge in [-0.05, 0) is 42.3 Å². The molecule has 0 unspecified atom stereocenters. The molecule has 3 aromatic carbocycles. The second-order valence-electron chi connectivity index (χ2n) is 5.84. The third-order valence-electron chi connectivity index (χ3n) is 4.16. The van der Waals surface area contributed by atoms with Crippen LogP contribution in [-0.4, -0.2) is 10.1 Å². The van der Waals surface area contributed by atoms with Gasteiger partial charge in [-0.2, -0.15) is 0 Å². The van der Waals surface area contributed by atoms with Gasteiger partial charge in [0.05, 0.1) is 5.69 Å². The van der Waals surface area contributed by atoms with Crippen molar-refractivity contribution in [3.8, 4) is 28.1 Å². The second-order valence-corrected chi connectivity index (χ2v) is 5.84. The van der Waals surface area contributed by atoms with Crippen molar-refractivity contribution in [1.82, 2.24) is 4.98 Å². The summed E-state index contributed by atoms with van der Waals surface area (Å²) >= 11 is 0. The van der Waals surface area contributed by atoms with Gasteiger partial charge in [-0.1, -0.05) is 48.5 Å². The number of aromatic nitrogens is 1. The highest BCUT2D eigenvalue weighted by Gasteiger charge is 2.13. The molecule has 0 saturated carbocycles. The molecule has 4 aromatic rings. The van der Waals surface area contributed by atoms with Crippen molar-refractivity contribution in [3.05, 3.63) is 78.4 Å². The molecule has 2 heteroatoms. The Morgan fingerprint density at radius 3 is 2.26 bits per heavy atom. The SMILES string of the molecule is Cc1cc(-c2ccccc2)c(O)c(-c2cc3ccccc3[nH]2)c1. The number of para-hydroxylation sites is 1. The van der Waals surface area contributed by atoms with Crippen molar-refractivity contribution in [2.45, 2.75) is 6.92 Å². The number of hydrogen-bond donors (Lipinski definition) is 2. The fourth-order valence-corrected chi connectivity index (χ4v) is 3.04. The number of phenols is 1. The average Bonchev–Trinajstić information content (AvgIpc) is 3.01. The zero-order valence-corrected chi connectivity index (χ0v) is 12.9. The van der Waals surface area contributed by atoms with Gasteiger partial charge in [-0.25, -0.2) is 0 Å². The van der Waals surface area contributed by atoms with Crippen LogP contribution in [0.5, 0.6) is 5.75 Å². The minimum atomic E-state index is 0.313. The molecule has 2 nitrogen and oxygen atoms in total. The fourth-order valence-electron chi connectivity index (χ4n) is 3.04. The van der Waals surface area contributed by atoms with E-state index in [9.17, 15) is 5.11 Å². The fraction of sp³-hybridized carbons (Fsp3) is 0.0476. The molecular weight excluding hydrogens is 282 g/mol. The van der Waals surface area contributed by atoms with E-state index >= 15 is 0 Å². The standard InChI is InChI=1S/C21H17NO/c1-14-11-17(15-7-3-2-4-8-15)21(23)18(12-14)20-13-16-9-5-6-10-19(16)22-20/h2-13,22-23H,1H3. The number of H-pyrrole nitrogens is 1. The smallest absolute Gasteiger partial charge is 0.132 e. The molecule has 0 fully saturated rings. The number of phenolic OH excluding ortho intramolecular Hbond substituents is 1. The number of aryl methyl sites for hydroxylation is 1. The van der Waals surface area contributed by atoms with Gasteiger partial charge in [0.25, 0.3) is 0 Å². The van der Waals surface area contributed by atoms with Crippen LogP contribution >= 0.6 is 0 Å². The molecule has 0 saturated heterocycles. The molecule has 0 amide bonds.